The zero-order valence-corrected chi connectivity index (χ0v) is 18.4. The van der Waals surface area contributed by atoms with E-state index in [4.69, 9.17) is 11.6 Å². The Balaban J connectivity index is 1.43. The molecule has 0 saturated heterocycles. The van der Waals surface area contributed by atoms with Gasteiger partial charge in [0.25, 0.3) is 0 Å². The average molecular weight is 451 g/mol. The SMILES string of the molecule is O=S(=O)(NCc1ccccc1)c1ccc2c(c1)C1C=CCC1C(c1ccc(Cl)cc1)N2. The zero-order valence-electron chi connectivity index (χ0n) is 16.8. The Morgan fingerprint density at radius 2 is 1.77 bits per heavy atom. The predicted octanol–water partition coefficient (Wildman–Crippen LogP) is 5.65. The van der Waals surface area contributed by atoms with E-state index in [1.807, 2.05) is 54.6 Å². The monoisotopic (exact) mass is 450 g/mol. The summed E-state index contributed by atoms with van der Waals surface area (Å²) in [6, 6.07) is 23.0. The van der Waals surface area contributed by atoms with Crippen molar-refractivity contribution in [3.05, 3.63) is 107 Å². The summed E-state index contributed by atoms with van der Waals surface area (Å²) in [6.45, 7) is 0.267. The van der Waals surface area contributed by atoms with Crippen LogP contribution in [0.2, 0.25) is 5.02 Å². The first-order valence-corrected chi connectivity index (χ1v) is 12.2. The molecule has 2 aliphatic rings. The van der Waals surface area contributed by atoms with Crippen LogP contribution >= 0.6 is 11.6 Å². The number of nitrogens with one attached hydrogen (secondary N) is 2. The van der Waals surface area contributed by atoms with Crippen molar-refractivity contribution in [1.82, 2.24) is 4.72 Å². The van der Waals surface area contributed by atoms with Gasteiger partial charge in [-0.3, -0.25) is 0 Å². The highest BCUT2D eigenvalue weighted by Crippen LogP contribution is 2.50. The number of sulfonamides is 1. The Morgan fingerprint density at radius 1 is 1.00 bits per heavy atom. The molecule has 2 N–H and O–H groups in total. The fraction of sp³-hybridized carbons (Fsp3) is 0.200. The van der Waals surface area contributed by atoms with Crippen LogP contribution in [0, 0.1) is 5.92 Å². The second-order valence-electron chi connectivity index (χ2n) is 8.09. The van der Waals surface area contributed by atoms with Crippen molar-refractivity contribution in [3.8, 4) is 0 Å². The van der Waals surface area contributed by atoms with E-state index >= 15 is 0 Å². The summed E-state index contributed by atoms with van der Waals surface area (Å²) in [5.74, 6) is 0.519. The number of anilines is 1. The van der Waals surface area contributed by atoms with Gasteiger partial charge in [-0.1, -0.05) is 66.2 Å². The number of allylic oxidation sites excluding steroid dienone is 2. The van der Waals surface area contributed by atoms with Gasteiger partial charge in [-0.25, -0.2) is 13.1 Å². The highest BCUT2D eigenvalue weighted by atomic mass is 35.5. The summed E-state index contributed by atoms with van der Waals surface area (Å²) >= 11 is 6.07. The minimum atomic E-state index is -3.61. The van der Waals surface area contributed by atoms with Crippen LogP contribution in [0.1, 0.15) is 35.1 Å². The lowest BCUT2D eigenvalue weighted by atomic mass is 9.77. The largest absolute Gasteiger partial charge is 0.378 e. The summed E-state index contributed by atoms with van der Waals surface area (Å²) in [4.78, 5) is 0.299. The molecule has 0 amide bonds. The van der Waals surface area contributed by atoms with Crippen LogP contribution in [0.5, 0.6) is 0 Å². The molecular weight excluding hydrogens is 428 g/mol. The third kappa shape index (κ3) is 4.01. The molecule has 3 aromatic rings. The van der Waals surface area contributed by atoms with Crippen LogP contribution in [-0.4, -0.2) is 8.42 Å². The third-order valence-corrected chi connectivity index (χ3v) is 7.83. The Hall–Kier alpha value is -2.60. The van der Waals surface area contributed by atoms with E-state index in [0.29, 0.717) is 10.8 Å². The molecule has 0 spiro atoms. The van der Waals surface area contributed by atoms with Crippen LogP contribution in [0.25, 0.3) is 0 Å². The van der Waals surface area contributed by atoms with E-state index in [9.17, 15) is 8.42 Å². The second-order valence-corrected chi connectivity index (χ2v) is 10.3. The van der Waals surface area contributed by atoms with Gasteiger partial charge < -0.3 is 5.32 Å². The van der Waals surface area contributed by atoms with Gasteiger partial charge >= 0.3 is 0 Å². The van der Waals surface area contributed by atoms with Gasteiger partial charge in [-0.05, 0) is 59.4 Å². The number of fused-ring (bicyclic) bond motifs is 3. The maximum atomic E-state index is 12.9. The number of rotatable bonds is 5. The van der Waals surface area contributed by atoms with Crippen LogP contribution in [0.15, 0.2) is 89.8 Å². The summed E-state index contributed by atoms with van der Waals surface area (Å²) in [7, 11) is -3.61. The first-order chi connectivity index (χ1) is 15.0. The van der Waals surface area contributed by atoms with Gasteiger partial charge in [-0.15, -0.1) is 0 Å². The molecular formula is C25H23ClN2O2S. The third-order valence-electron chi connectivity index (χ3n) is 6.18. The topological polar surface area (TPSA) is 58.2 Å². The predicted molar refractivity (Wildman–Crippen MR) is 125 cm³/mol. The van der Waals surface area contributed by atoms with Gasteiger partial charge in [0.1, 0.15) is 0 Å². The fourth-order valence-electron chi connectivity index (χ4n) is 4.60. The molecule has 0 saturated carbocycles. The normalized spacial score (nSPS) is 21.9. The fourth-order valence-corrected chi connectivity index (χ4v) is 5.78. The van der Waals surface area contributed by atoms with Crippen LogP contribution < -0.4 is 10.0 Å². The first kappa shape index (κ1) is 20.3. The zero-order chi connectivity index (χ0) is 21.4. The molecule has 6 heteroatoms. The van der Waals surface area contributed by atoms with Gasteiger partial charge in [-0.2, -0.15) is 0 Å². The van der Waals surface area contributed by atoms with Crippen molar-refractivity contribution in [2.75, 3.05) is 5.32 Å². The lowest BCUT2D eigenvalue weighted by Crippen LogP contribution is -2.29. The minimum absolute atomic E-state index is 0.156. The van der Waals surface area contributed by atoms with Crippen LogP contribution in [0.3, 0.4) is 0 Å². The Labute approximate surface area is 188 Å². The molecule has 0 fully saturated rings. The second kappa shape index (κ2) is 8.15. The lowest BCUT2D eigenvalue weighted by molar-refractivity contribution is 0.425. The summed E-state index contributed by atoms with van der Waals surface area (Å²) in [6.07, 6.45) is 5.36. The van der Waals surface area contributed by atoms with Gasteiger partial charge in [0.2, 0.25) is 10.0 Å². The van der Waals surface area contributed by atoms with E-state index < -0.39 is 10.0 Å². The standard InChI is InChI=1S/C25H23ClN2O2S/c26-19-11-9-18(10-12-19)25-22-8-4-7-21(22)23-15-20(13-14-24(23)28-25)31(29,30)27-16-17-5-2-1-3-6-17/h1-7,9-15,21-22,25,27-28H,8,16H2. The molecule has 5 rings (SSSR count). The van der Waals surface area contributed by atoms with E-state index in [1.165, 1.54) is 5.56 Å². The summed E-state index contributed by atoms with van der Waals surface area (Å²) < 4.78 is 28.6. The molecule has 158 valence electrons. The molecule has 0 radical (unpaired) electrons. The minimum Gasteiger partial charge on any atom is -0.378 e. The van der Waals surface area contributed by atoms with Crippen molar-refractivity contribution in [1.29, 1.82) is 0 Å². The van der Waals surface area contributed by atoms with Crippen molar-refractivity contribution in [2.24, 2.45) is 5.92 Å². The van der Waals surface area contributed by atoms with Crippen molar-refractivity contribution >= 4 is 27.3 Å². The molecule has 1 aliphatic heterocycles. The van der Waals surface area contributed by atoms with E-state index in [0.717, 1.165) is 28.3 Å². The van der Waals surface area contributed by atoms with Crippen molar-refractivity contribution < 1.29 is 8.42 Å². The number of hydrogen-bond acceptors (Lipinski definition) is 3. The Morgan fingerprint density at radius 3 is 2.55 bits per heavy atom. The molecule has 0 aromatic heterocycles. The molecule has 3 atom stereocenters. The van der Waals surface area contributed by atoms with Gasteiger partial charge in [0.15, 0.2) is 0 Å². The first-order valence-electron chi connectivity index (χ1n) is 10.4. The van der Waals surface area contributed by atoms with Crippen molar-refractivity contribution in [2.45, 2.75) is 29.8 Å². The smallest absolute Gasteiger partial charge is 0.240 e. The van der Waals surface area contributed by atoms with Crippen molar-refractivity contribution in [3.63, 3.8) is 0 Å². The average Bonchev–Trinajstić information content (AvgIpc) is 3.29. The van der Waals surface area contributed by atoms with Crippen LogP contribution in [-0.2, 0) is 16.6 Å². The molecule has 3 unspecified atom stereocenters. The quantitative estimate of drug-likeness (QED) is 0.494. The number of benzene rings is 3. The highest BCUT2D eigenvalue weighted by Gasteiger charge is 2.38. The lowest BCUT2D eigenvalue weighted by Gasteiger charge is -2.37. The summed E-state index contributed by atoms with van der Waals surface area (Å²) in [5.41, 5.74) is 4.13. The molecule has 3 aromatic carbocycles. The maximum Gasteiger partial charge on any atom is 0.240 e. The maximum absolute atomic E-state index is 12.9. The summed E-state index contributed by atoms with van der Waals surface area (Å²) in [5, 5.41) is 4.36. The molecule has 31 heavy (non-hydrogen) atoms. The Kier molecular flexibility index (Phi) is 5.34. The van der Waals surface area contributed by atoms with Gasteiger partial charge in [0, 0.05) is 23.2 Å². The number of halogens is 1. The van der Waals surface area contributed by atoms with E-state index in [1.54, 1.807) is 6.07 Å². The van der Waals surface area contributed by atoms with Gasteiger partial charge in [0.05, 0.1) is 10.9 Å². The highest BCUT2D eigenvalue weighted by molar-refractivity contribution is 7.89. The Bertz CT molecular complexity index is 1220. The van der Waals surface area contributed by atoms with E-state index in [-0.39, 0.29) is 18.5 Å². The molecule has 1 heterocycles. The molecule has 1 aliphatic carbocycles. The molecule has 4 nitrogen and oxygen atoms in total. The molecule has 0 bridgehead atoms. The van der Waals surface area contributed by atoms with Crippen LogP contribution in [0.4, 0.5) is 5.69 Å². The van der Waals surface area contributed by atoms with E-state index in [2.05, 4.69) is 34.3 Å². The number of hydrogen-bond donors (Lipinski definition) is 2.